The smallest absolute Gasteiger partial charge is 0.341 e. The highest BCUT2D eigenvalue weighted by Crippen LogP contribution is 2.45. The number of benzene rings is 2. The van der Waals surface area contributed by atoms with Gasteiger partial charge in [0, 0.05) is 21.8 Å². The lowest BCUT2D eigenvalue weighted by Gasteiger charge is -2.22. The number of fused-ring (bicyclic) bond motifs is 3. The van der Waals surface area contributed by atoms with Gasteiger partial charge in [-0.05, 0) is 24.3 Å². The zero-order chi connectivity index (χ0) is 13.9. The van der Waals surface area contributed by atoms with Crippen molar-refractivity contribution in [3.8, 4) is 0 Å². The fourth-order valence-corrected chi connectivity index (χ4v) is 2.90. The van der Waals surface area contributed by atoms with E-state index in [2.05, 4.69) is 5.32 Å². The molecule has 2 aromatic carbocycles. The standard InChI is InChI=1S/C15H8ClNO3/c16-8-5-6-12-10(7-8)13(18)15(17-12)11-4-2-1-3-9(11)14(19)20-15/h1-7,17H. The van der Waals surface area contributed by atoms with Crippen LogP contribution >= 0.6 is 11.6 Å². The molecule has 1 unspecified atom stereocenters. The van der Waals surface area contributed by atoms with Gasteiger partial charge in [0.1, 0.15) is 0 Å². The molecule has 2 heterocycles. The van der Waals surface area contributed by atoms with Gasteiger partial charge in [0.25, 0.3) is 5.72 Å². The minimum absolute atomic E-state index is 0.298. The summed E-state index contributed by atoms with van der Waals surface area (Å²) in [6.45, 7) is 0. The zero-order valence-electron chi connectivity index (χ0n) is 10.1. The second-order valence-corrected chi connectivity index (χ2v) is 5.20. The SMILES string of the molecule is O=C1OC2(Nc3ccc(Cl)cc3C2=O)c2ccccc21. The normalized spacial score (nSPS) is 22.4. The Morgan fingerprint density at radius 2 is 1.85 bits per heavy atom. The number of hydrogen-bond donors (Lipinski definition) is 1. The average molecular weight is 286 g/mol. The average Bonchev–Trinajstić information content (AvgIpc) is 2.89. The lowest BCUT2D eigenvalue weighted by molar-refractivity contribution is 0.0111. The Hall–Kier alpha value is -2.33. The predicted octanol–water partition coefficient (Wildman–Crippen LogP) is 2.97. The maximum Gasteiger partial charge on any atom is 0.341 e. The van der Waals surface area contributed by atoms with Crippen LogP contribution in [0.3, 0.4) is 0 Å². The first kappa shape index (κ1) is 11.5. The van der Waals surface area contributed by atoms with Crippen LogP contribution in [0.15, 0.2) is 42.5 Å². The molecule has 1 atom stereocenters. The van der Waals surface area contributed by atoms with E-state index in [1.165, 1.54) is 0 Å². The first-order valence-corrected chi connectivity index (χ1v) is 6.45. The van der Waals surface area contributed by atoms with Crippen molar-refractivity contribution in [3.05, 3.63) is 64.2 Å². The lowest BCUT2D eigenvalue weighted by Crippen LogP contribution is -2.38. The van der Waals surface area contributed by atoms with E-state index in [0.717, 1.165) is 0 Å². The van der Waals surface area contributed by atoms with E-state index in [4.69, 9.17) is 16.3 Å². The molecule has 1 spiro atoms. The van der Waals surface area contributed by atoms with E-state index in [1.54, 1.807) is 42.5 Å². The Labute approximate surface area is 119 Å². The lowest BCUT2D eigenvalue weighted by atomic mass is 9.96. The van der Waals surface area contributed by atoms with Gasteiger partial charge in [-0.3, -0.25) is 4.79 Å². The van der Waals surface area contributed by atoms with E-state index in [9.17, 15) is 9.59 Å². The number of carbonyl (C=O) groups is 2. The number of ether oxygens (including phenoxy) is 1. The minimum atomic E-state index is -1.44. The molecular formula is C15H8ClNO3. The van der Waals surface area contributed by atoms with Gasteiger partial charge in [-0.1, -0.05) is 29.8 Å². The Bertz CT molecular complexity index is 786. The molecule has 0 amide bonds. The highest BCUT2D eigenvalue weighted by molar-refractivity contribution is 6.31. The zero-order valence-corrected chi connectivity index (χ0v) is 10.9. The summed E-state index contributed by atoms with van der Waals surface area (Å²) in [5.41, 5.74) is 0.557. The van der Waals surface area contributed by atoms with Crippen LogP contribution in [0, 0.1) is 0 Å². The fraction of sp³-hybridized carbons (Fsp3) is 0.0667. The van der Waals surface area contributed by atoms with Gasteiger partial charge in [0.2, 0.25) is 5.78 Å². The summed E-state index contributed by atoms with van der Waals surface area (Å²) >= 11 is 5.92. The molecule has 2 aliphatic rings. The second kappa shape index (κ2) is 3.61. The monoisotopic (exact) mass is 285 g/mol. The number of Topliss-reactive ketones (excluding diaryl/α,β-unsaturated/α-hetero) is 1. The van der Waals surface area contributed by atoms with Gasteiger partial charge in [0.05, 0.1) is 5.56 Å². The van der Waals surface area contributed by atoms with Crippen molar-refractivity contribution in [1.82, 2.24) is 0 Å². The molecule has 4 rings (SSSR count). The predicted molar refractivity (Wildman–Crippen MR) is 72.9 cm³/mol. The van der Waals surface area contributed by atoms with Gasteiger partial charge < -0.3 is 10.1 Å². The molecule has 1 N–H and O–H groups in total. The highest BCUT2D eigenvalue weighted by Gasteiger charge is 2.56. The number of halogens is 1. The van der Waals surface area contributed by atoms with Gasteiger partial charge >= 0.3 is 5.97 Å². The van der Waals surface area contributed by atoms with Crippen molar-refractivity contribution in [2.24, 2.45) is 0 Å². The molecule has 0 bridgehead atoms. The Balaban J connectivity index is 1.94. The van der Waals surface area contributed by atoms with Crippen LogP contribution in [0.2, 0.25) is 5.02 Å². The molecule has 0 saturated carbocycles. The van der Waals surface area contributed by atoms with Crippen molar-refractivity contribution in [3.63, 3.8) is 0 Å². The Morgan fingerprint density at radius 3 is 2.70 bits per heavy atom. The number of esters is 1. The van der Waals surface area contributed by atoms with Crippen molar-refractivity contribution < 1.29 is 14.3 Å². The first-order chi connectivity index (χ1) is 9.62. The van der Waals surface area contributed by atoms with E-state index >= 15 is 0 Å². The van der Waals surface area contributed by atoms with Crippen molar-refractivity contribution >= 4 is 29.0 Å². The summed E-state index contributed by atoms with van der Waals surface area (Å²) in [5.74, 6) is -0.798. The van der Waals surface area contributed by atoms with Crippen LogP contribution in [0.1, 0.15) is 26.3 Å². The maximum atomic E-state index is 12.7. The van der Waals surface area contributed by atoms with Gasteiger partial charge in [-0.15, -0.1) is 0 Å². The highest BCUT2D eigenvalue weighted by atomic mass is 35.5. The molecule has 0 fully saturated rings. The molecule has 4 nitrogen and oxygen atoms in total. The summed E-state index contributed by atoms with van der Waals surface area (Å²) in [7, 11) is 0. The van der Waals surface area contributed by atoms with E-state index in [1.807, 2.05) is 0 Å². The molecule has 0 saturated heterocycles. The number of nitrogens with one attached hydrogen (secondary N) is 1. The third kappa shape index (κ3) is 1.26. The van der Waals surface area contributed by atoms with Crippen molar-refractivity contribution in [1.29, 1.82) is 0 Å². The summed E-state index contributed by atoms with van der Waals surface area (Å²) in [6, 6.07) is 11.9. The van der Waals surface area contributed by atoms with Crippen LogP contribution in [0.5, 0.6) is 0 Å². The largest absolute Gasteiger partial charge is 0.423 e. The topological polar surface area (TPSA) is 55.4 Å². The number of rotatable bonds is 0. The van der Waals surface area contributed by atoms with E-state index in [0.29, 0.717) is 27.4 Å². The van der Waals surface area contributed by atoms with Crippen LogP contribution in [0.25, 0.3) is 0 Å². The molecule has 0 aromatic heterocycles. The van der Waals surface area contributed by atoms with E-state index in [-0.39, 0.29) is 5.78 Å². The van der Waals surface area contributed by atoms with Gasteiger partial charge in [-0.2, -0.15) is 0 Å². The van der Waals surface area contributed by atoms with E-state index < -0.39 is 11.7 Å². The summed E-state index contributed by atoms with van der Waals surface area (Å²) in [5, 5.41) is 3.49. The minimum Gasteiger partial charge on any atom is -0.423 e. The molecule has 0 radical (unpaired) electrons. The fourth-order valence-electron chi connectivity index (χ4n) is 2.73. The van der Waals surface area contributed by atoms with Crippen LogP contribution in [-0.2, 0) is 10.5 Å². The maximum absolute atomic E-state index is 12.7. The molecule has 2 aromatic rings. The van der Waals surface area contributed by atoms with Crippen LogP contribution in [0.4, 0.5) is 5.69 Å². The van der Waals surface area contributed by atoms with Gasteiger partial charge in [-0.25, -0.2) is 4.79 Å². The van der Waals surface area contributed by atoms with Crippen molar-refractivity contribution in [2.75, 3.05) is 5.32 Å². The Kier molecular flexibility index (Phi) is 2.07. The van der Waals surface area contributed by atoms with Gasteiger partial charge in [0.15, 0.2) is 0 Å². The molecule has 0 aliphatic carbocycles. The molecular weight excluding hydrogens is 278 g/mol. The van der Waals surface area contributed by atoms with Crippen molar-refractivity contribution in [2.45, 2.75) is 5.72 Å². The second-order valence-electron chi connectivity index (χ2n) is 4.76. The first-order valence-electron chi connectivity index (χ1n) is 6.07. The molecule has 5 heteroatoms. The molecule has 98 valence electrons. The third-order valence-corrected chi connectivity index (χ3v) is 3.86. The summed E-state index contributed by atoms with van der Waals surface area (Å²) in [6.07, 6.45) is 0. The number of carbonyl (C=O) groups excluding carboxylic acids is 2. The number of anilines is 1. The molecule has 20 heavy (non-hydrogen) atoms. The number of ketones is 1. The Morgan fingerprint density at radius 1 is 1.05 bits per heavy atom. The number of hydrogen-bond acceptors (Lipinski definition) is 4. The third-order valence-electron chi connectivity index (χ3n) is 3.63. The quantitative estimate of drug-likeness (QED) is 0.756. The van der Waals surface area contributed by atoms with Crippen LogP contribution < -0.4 is 5.32 Å². The summed E-state index contributed by atoms with van der Waals surface area (Å²) < 4.78 is 5.37. The van der Waals surface area contributed by atoms with Crippen LogP contribution in [-0.4, -0.2) is 11.8 Å². The summed E-state index contributed by atoms with van der Waals surface area (Å²) in [4.78, 5) is 24.6. The molecule has 2 aliphatic heterocycles.